The molecule has 2 aromatic rings. The van der Waals surface area contributed by atoms with E-state index in [1.807, 2.05) is 57.2 Å². The molecule has 0 bridgehead atoms. The van der Waals surface area contributed by atoms with E-state index in [9.17, 15) is 9.59 Å². The van der Waals surface area contributed by atoms with Gasteiger partial charge in [0.25, 0.3) is 5.91 Å². The highest BCUT2D eigenvalue weighted by Crippen LogP contribution is 2.48. The molecule has 1 amide bonds. The van der Waals surface area contributed by atoms with Gasteiger partial charge in [0, 0.05) is 18.0 Å². The molecule has 1 aliphatic carbocycles. The van der Waals surface area contributed by atoms with Gasteiger partial charge in [-0.1, -0.05) is 57.2 Å². The zero-order valence-electron chi connectivity index (χ0n) is 13.9. The summed E-state index contributed by atoms with van der Waals surface area (Å²) in [5.74, 6) is -0.392. The summed E-state index contributed by atoms with van der Waals surface area (Å²) >= 11 is 0. The van der Waals surface area contributed by atoms with Crippen LogP contribution in [0.1, 0.15) is 48.2 Å². The zero-order valence-corrected chi connectivity index (χ0v) is 13.9. The lowest BCUT2D eigenvalue weighted by atomic mass is 9.77. The van der Waals surface area contributed by atoms with Gasteiger partial charge in [0.15, 0.2) is 0 Å². The third-order valence-electron chi connectivity index (χ3n) is 4.43. The summed E-state index contributed by atoms with van der Waals surface area (Å²) in [5, 5.41) is 2.69. The van der Waals surface area contributed by atoms with Crippen LogP contribution in [0.25, 0.3) is 11.1 Å². The molecule has 0 spiro atoms. The maximum absolute atomic E-state index is 13.1. The molecule has 3 rings (SSSR count). The molecular formula is C20H21NO2. The van der Waals surface area contributed by atoms with Crippen molar-refractivity contribution in [1.29, 1.82) is 0 Å². The van der Waals surface area contributed by atoms with Crippen molar-refractivity contribution in [3.05, 3.63) is 59.2 Å². The van der Waals surface area contributed by atoms with E-state index in [0.717, 1.165) is 22.3 Å². The van der Waals surface area contributed by atoms with Crippen LogP contribution in [0.15, 0.2) is 42.5 Å². The number of nitrogens with one attached hydrogen (secondary N) is 1. The SMILES string of the molecule is CNC(=O)c1cccc2c1C(C(=O)C(C)(C)C)c1ccccc1-2. The number of hydrogen-bond acceptors (Lipinski definition) is 2. The van der Waals surface area contributed by atoms with Crippen LogP contribution in [-0.4, -0.2) is 18.7 Å². The summed E-state index contributed by atoms with van der Waals surface area (Å²) in [7, 11) is 1.62. The lowest BCUT2D eigenvalue weighted by Crippen LogP contribution is -2.28. The molecule has 1 unspecified atom stereocenters. The number of benzene rings is 2. The summed E-state index contributed by atoms with van der Waals surface area (Å²) in [4.78, 5) is 25.4. The van der Waals surface area contributed by atoms with Crippen molar-refractivity contribution in [2.24, 2.45) is 5.41 Å². The van der Waals surface area contributed by atoms with E-state index < -0.39 is 5.41 Å². The fraction of sp³-hybridized carbons (Fsp3) is 0.300. The highest BCUT2D eigenvalue weighted by molar-refractivity contribution is 6.06. The quantitative estimate of drug-likeness (QED) is 0.918. The van der Waals surface area contributed by atoms with E-state index in [1.54, 1.807) is 13.1 Å². The third kappa shape index (κ3) is 2.37. The molecule has 0 saturated carbocycles. The predicted octanol–water partition coefficient (Wildman–Crippen LogP) is 3.77. The Morgan fingerprint density at radius 1 is 0.957 bits per heavy atom. The van der Waals surface area contributed by atoms with Crippen molar-refractivity contribution < 1.29 is 9.59 Å². The number of amides is 1. The van der Waals surface area contributed by atoms with Crippen LogP contribution < -0.4 is 5.32 Å². The molecule has 0 aromatic heterocycles. The Hall–Kier alpha value is -2.42. The van der Waals surface area contributed by atoms with Gasteiger partial charge in [0.2, 0.25) is 0 Å². The first-order valence-corrected chi connectivity index (χ1v) is 7.85. The van der Waals surface area contributed by atoms with E-state index in [2.05, 4.69) is 5.32 Å². The number of ketones is 1. The minimum Gasteiger partial charge on any atom is -0.355 e. The van der Waals surface area contributed by atoms with Crippen molar-refractivity contribution >= 4 is 11.7 Å². The Balaban J connectivity index is 2.31. The van der Waals surface area contributed by atoms with Crippen LogP contribution in [-0.2, 0) is 4.79 Å². The fourth-order valence-electron chi connectivity index (χ4n) is 3.30. The average Bonchev–Trinajstić information content (AvgIpc) is 2.87. The molecular weight excluding hydrogens is 286 g/mol. The Morgan fingerprint density at radius 3 is 2.26 bits per heavy atom. The van der Waals surface area contributed by atoms with Crippen LogP contribution in [0.2, 0.25) is 0 Å². The maximum Gasteiger partial charge on any atom is 0.251 e. The zero-order chi connectivity index (χ0) is 16.8. The van der Waals surface area contributed by atoms with Gasteiger partial charge in [-0.3, -0.25) is 9.59 Å². The van der Waals surface area contributed by atoms with E-state index in [4.69, 9.17) is 0 Å². The molecule has 0 saturated heterocycles. The Morgan fingerprint density at radius 2 is 1.61 bits per heavy atom. The van der Waals surface area contributed by atoms with Gasteiger partial charge in [0.05, 0.1) is 5.92 Å². The number of hydrogen-bond donors (Lipinski definition) is 1. The second-order valence-electron chi connectivity index (χ2n) is 6.98. The normalized spacial score (nSPS) is 15.7. The molecule has 2 aromatic carbocycles. The van der Waals surface area contributed by atoms with E-state index >= 15 is 0 Å². The predicted molar refractivity (Wildman–Crippen MR) is 91.6 cm³/mol. The highest BCUT2D eigenvalue weighted by Gasteiger charge is 2.40. The van der Waals surface area contributed by atoms with Gasteiger partial charge in [-0.05, 0) is 28.3 Å². The molecule has 3 heteroatoms. The number of carbonyl (C=O) groups excluding carboxylic acids is 2. The monoisotopic (exact) mass is 307 g/mol. The van der Waals surface area contributed by atoms with Crippen LogP contribution in [0.4, 0.5) is 0 Å². The minimum absolute atomic E-state index is 0.139. The Bertz CT molecular complexity index is 800. The van der Waals surface area contributed by atoms with Gasteiger partial charge in [0.1, 0.15) is 5.78 Å². The van der Waals surface area contributed by atoms with Crippen LogP contribution in [0.3, 0.4) is 0 Å². The smallest absolute Gasteiger partial charge is 0.251 e. The maximum atomic E-state index is 13.1. The summed E-state index contributed by atoms with van der Waals surface area (Å²) in [5.41, 5.74) is 3.99. The summed E-state index contributed by atoms with van der Waals surface area (Å²) < 4.78 is 0. The molecule has 23 heavy (non-hydrogen) atoms. The molecule has 0 fully saturated rings. The van der Waals surface area contributed by atoms with Gasteiger partial charge in [-0.25, -0.2) is 0 Å². The first kappa shape index (κ1) is 15.5. The second-order valence-corrected chi connectivity index (χ2v) is 6.98. The van der Waals surface area contributed by atoms with E-state index in [0.29, 0.717) is 5.56 Å². The molecule has 1 N–H and O–H groups in total. The standard InChI is InChI=1S/C20H21NO2/c1-20(2,3)18(22)17-14-9-6-5-8-12(14)13-10-7-11-15(16(13)17)19(23)21-4/h5-11,17H,1-4H3,(H,21,23). The van der Waals surface area contributed by atoms with Gasteiger partial charge in [-0.2, -0.15) is 0 Å². The molecule has 1 aliphatic rings. The first-order chi connectivity index (χ1) is 10.9. The van der Waals surface area contributed by atoms with Gasteiger partial charge < -0.3 is 5.32 Å². The van der Waals surface area contributed by atoms with Crippen molar-refractivity contribution in [2.45, 2.75) is 26.7 Å². The van der Waals surface area contributed by atoms with E-state index in [-0.39, 0.29) is 17.6 Å². The Labute approximate surface area is 136 Å². The largest absolute Gasteiger partial charge is 0.355 e. The summed E-state index contributed by atoms with van der Waals surface area (Å²) in [6.45, 7) is 5.79. The number of rotatable bonds is 2. The van der Waals surface area contributed by atoms with Crippen molar-refractivity contribution in [3.8, 4) is 11.1 Å². The molecule has 0 heterocycles. The molecule has 1 atom stereocenters. The summed E-state index contributed by atoms with van der Waals surface area (Å²) in [6.07, 6.45) is 0. The minimum atomic E-state index is -0.477. The lowest BCUT2D eigenvalue weighted by molar-refractivity contribution is -0.126. The third-order valence-corrected chi connectivity index (χ3v) is 4.43. The van der Waals surface area contributed by atoms with E-state index in [1.165, 1.54) is 0 Å². The van der Waals surface area contributed by atoms with Crippen molar-refractivity contribution in [2.75, 3.05) is 7.05 Å². The molecule has 0 radical (unpaired) electrons. The van der Waals surface area contributed by atoms with Gasteiger partial charge in [-0.15, -0.1) is 0 Å². The highest BCUT2D eigenvalue weighted by atomic mass is 16.1. The van der Waals surface area contributed by atoms with Crippen LogP contribution in [0.5, 0.6) is 0 Å². The Kier molecular flexibility index (Phi) is 3.59. The molecule has 0 aliphatic heterocycles. The van der Waals surface area contributed by atoms with Crippen molar-refractivity contribution in [3.63, 3.8) is 0 Å². The number of fused-ring (bicyclic) bond motifs is 3. The second kappa shape index (κ2) is 5.34. The average molecular weight is 307 g/mol. The summed E-state index contributed by atoms with van der Waals surface area (Å²) in [6, 6.07) is 13.6. The lowest BCUT2D eigenvalue weighted by Gasteiger charge is -2.24. The molecule has 118 valence electrons. The number of Topliss-reactive ketones (excluding diaryl/α,β-unsaturated/α-hetero) is 1. The fourth-order valence-corrected chi connectivity index (χ4v) is 3.30. The van der Waals surface area contributed by atoms with Crippen LogP contribution >= 0.6 is 0 Å². The first-order valence-electron chi connectivity index (χ1n) is 7.85. The van der Waals surface area contributed by atoms with Crippen molar-refractivity contribution in [1.82, 2.24) is 5.32 Å². The van der Waals surface area contributed by atoms with Gasteiger partial charge >= 0.3 is 0 Å². The number of carbonyl (C=O) groups is 2. The topological polar surface area (TPSA) is 46.2 Å². The van der Waals surface area contributed by atoms with Crippen LogP contribution in [0, 0.1) is 5.41 Å². The molecule has 3 nitrogen and oxygen atoms in total.